The van der Waals surface area contributed by atoms with Crippen LogP contribution in [0, 0.1) is 25.2 Å². The molecular formula is C21H16N4O3. The van der Waals surface area contributed by atoms with Gasteiger partial charge in [0.25, 0.3) is 5.65 Å². The zero-order chi connectivity index (χ0) is 19.8. The third-order valence-corrected chi connectivity index (χ3v) is 4.71. The Morgan fingerprint density at radius 2 is 1.93 bits per heavy atom. The van der Waals surface area contributed by atoms with E-state index in [0.29, 0.717) is 28.2 Å². The number of nitriles is 1. The number of hydrogen-bond acceptors (Lipinski definition) is 5. The van der Waals surface area contributed by atoms with Crippen molar-refractivity contribution in [3.05, 3.63) is 81.6 Å². The van der Waals surface area contributed by atoms with Crippen LogP contribution in [0.2, 0.25) is 0 Å². The molecule has 0 saturated carbocycles. The fraction of sp³-hybridized carbons (Fsp3) is 0.143. The Hall–Kier alpha value is -3.92. The maximum absolute atomic E-state index is 13.4. The fourth-order valence-corrected chi connectivity index (χ4v) is 3.35. The Bertz CT molecular complexity index is 1270. The monoisotopic (exact) mass is 372 g/mol. The van der Waals surface area contributed by atoms with E-state index in [2.05, 4.69) is 11.2 Å². The van der Waals surface area contributed by atoms with Crippen molar-refractivity contribution in [2.75, 3.05) is 0 Å². The van der Waals surface area contributed by atoms with Crippen molar-refractivity contribution in [3.63, 3.8) is 0 Å². The third kappa shape index (κ3) is 2.72. The number of benzene rings is 1. The highest BCUT2D eigenvalue weighted by atomic mass is 16.5. The molecular weight excluding hydrogens is 356 g/mol. The molecule has 0 radical (unpaired) electrons. The van der Waals surface area contributed by atoms with Gasteiger partial charge in [-0.25, -0.2) is 9.36 Å². The summed E-state index contributed by atoms with van der Waals surface area (Å²) in [5.74, 6) is 0.0162. The molecule has 3 heterocycles. The van der Waals surface area contributed by atoms with Crippen molar-refractivity contribution >= 4 is 5.65 Å². The minimum absolute atomic E-state index is 0.0357. The summed E-state index contributed by atoms with van der Waals surface area (Å²) >= 11 is 0. The first-order chi connectivity index (χ1) is 13.5. The summed E-state index contributed by atoms with van der Waals surface area (Å²) in [5.41, 5.74) is 2.42. The number of aryl methyl sites for hydroxylation is 2. The van der Waals surface area contributed by atoms with Gasteiger partial charge in [-0.2, -0.15) is 9.66 Å². The Labute approximate surface area is 160 Å². The van der Waals surface area contributed by atoms with Crippen molar-refractivity contribution < 1.29 is 14.2 Å². The van der Waals surface area contributed by atoms with Gasteiger partial charge in [0.05, 0.1) is 35.0 Å². The van der Waals surface area contributed by atoms with Gasteiger partial charge >= 0.3 is 5.56 Å². The van der Waals surface area contributed by atoms with Crippen LogP contribution in [0.1, 0.15) is 22.6 Å². The van der Waals surface area contributed by atoms with Crippen LogP contribution in [-0.4, -0.2) is 9.56 Å². The average molecular weight is 372 g/mol. The Morgan fingerprint density at radius 3 is 2.57 bits per heavy atom. The summed E-state index contributed by atoms with van der Waals surface area (Å²) in [7, 11) is 0. The third-order valence-electron chi connectivity index (χ3n) is 4.71. The minimum Gasteiger partial charge on any atom is -0.842 e. The second-order valence-electron chi connectivity index (χ2n) is 6.51. The van der Waals surface area contributed by atoms with Gasteiger partial charge in [-0.15, -0.1) is 0 Å². The quantitative estimate of drug-likeness (QED) is 0.511. The van der Waals surface area contributed by atoms with Crippen LogP contribution in [0.5, 0.6) is 5.88 Å². The topological polar surface area (TPSA) is 98.2 Å². The van der Waals surface area contributed by atoms with Crippen LogP contribution in [-0.2, 0) is 6.54 Å². The van der Waals surface area contributed by atoms with Crippen LogP contribution in [0.25, 0.3) is 16.8 Å². The van der Waals surface area contributed by atoms with Crippen LogP contribution >= 0.6 is 0 Å². The predicted molar refractivity (Wildman–Crippen MR) is 98.5 cm³/mol. The lowest BCUT2D eigenvalue weighted by atomic mass is 10.1. The molecule has 4 rings (SSSR count). The molecule has 0 amide bonds. The van der Waals surface area contributed by atoms with E-state index < -0.39 is 11.4 Å². The lowest BCUT2D eigenvalue weighted by Gasteiger charge is -2.17. The smallest absolute Gasteiger partial charge is 0.349 e. The van der Waals surface area contributed by atoms with Crippen molar-refractivity contribution in [2.24, 2.45) is 0 Å². The number of aromatic nitrogens is 3. The first-order valence-corrected chi connectivity index (χ1v) is 8.67. The predicted octanol–water partition coefficient (Wildman–Crippen LogP) is 1.85. The standard InChI is InChI=1S/C21H16N4O3/c1-13-18(14(2)28-23-13)19-20(26)24-10-4-3-5-17(24)25(21(19)27)12-16-8-6-15(11-22)7-9-16/h3-10H,12H2,1-2H3. The van der Waals surface area contributed by atoms with Gasteiger partial charge in [-0.1, -0.05) is 23.4 Å². The van der Waals surface area contributed by atoms with Crippen LogP contribution in [0.15, 0.2) is 58.0 Å². The van der Waals surface area contributed by atoms with Gasteiger partial charge in [0.1, 0.15) is 17.9 Å². The second-order valence-corrected chi connectivity index (χ2v) is 6.51. The summed E-state index contributed by atoms with van der Waals surface area (Å²) in [6.07, 6.45) is 1.63. The van der Waals surface area contributed by atoms with Gasteiger partial charge in [-0.3, -0.25) is 0 Å². The molecule has 0 bridgehead atoms. The minimum atomic E-state index is -0.411. The van der Waals surface area contributed by atoms with E-state index in [4.69, 9.17) is 9.78 Å². The molecule has 4 aromatic rings. The van der Waals surface area contributed by atoms with Gasteiger partial charge < -0.3 is 9.63 Å². The number of fused-ring (bicyclic) bond motifs is 1. The molecule has 1 aromatic carbocycles. The maximum Gasteiger partial charge on any atom is 0.349 e. The average Bonchev–Trinajstić information content (AvgIpc) is 3.04. The largest absolute Gasteiger partial charge is 0.842 e. The van der Waals surface area contributed by atoms with Crippen LogP contribution in [0.3, 0.4) is 0 Å². The lowest BCUT2D eigenvalue weighted by molar-refractivity contribution is -0.708. The SMILES string of the molecule is Cc1noc(C)c1-c1c([O-])[n+](Cc2ccc(C#N)cc2)c2ccccn2c1=O. The first kappa shape index (κ1) is 17.5. The Morgan fingerprint density at radius 1 is 1.18 bits per heavy atom. The van der Waals surface area contributed by atoms with E-state index in [1.165, 1.54) is 4.40 Å². The molecule has 0 unspecified atom stereocenters. The summed E-state index contributed by atoms with van der Waals surface area (Å²) in [6.45, 7) is 3.64. The molecule has 0 atom stereocenters. The number of pyridine rings is 1. The van der Waals surface area contributed by atoms with Gasteiger partial charge in [-0.05, 0) is 37.6 Å². The maximum atomic E-state index is 13.4. The summed E-state index contributed by atoms with van der Waals surface area (Å²) < 4.78 is 8.17. The van der Waals surface area contributed by atoms with E-state index in [9.17, 15) is 9.90 Å². The normalized spacial score (nSPS) is 10.9. The first-order valence-electron chi connectivity index (χ1n) is 8.67. The molecule has 3 aromatic heterocycles. The van der Waals surface area contributed by atoms with E-state index in [1.54, 1.807) is 67.1 Å². The molecule has 7 heteroatoms. The Kier molecular flexibility index (Phi) is 4.17. The molecule has 0 aliphatic rings. The van der Waals surface area contributed by atoms with E-state index in [0.717, 1.165) is 5.56 Å². The van der Waals surface area contributed by atoms with Gasteiger partial charge in [0, 0.05) is 6.07 Å². The highest BCUT2D eigenvalue weighted by Crippen LogP contribution is 2.28. The van der Waals surface area contributed by atoms with Crippen molar-refractivity contribution in [2.45, 2.75) is 20.4 Å². The number of hydrogen-bond donors (Lipinski definition) is 0. The summed E-state index contributed by atoms with van der Waals surface area (Å²) in [6, 6.07) is 14.3. The van der Waals surface area contributed by atoms with Crippen molar-refractivity contribution in [1.29, 1.82) is 5.26 Å². The molecule has 0 spiro atoms. The number of nitrogens with zero attached hydrogens (tertiary/aromatic N) is 4. The molecule has 0 aliphatic carbocycles. The van der Waals surface area contributed by atoms with Gasteiger partial charge in [0.15, 0.2) is 0 Å². The lowest BCUT2D eigenvalue weighted by Crippen LogP contribution is -2.44. The van der Waals surface area contributed by atoms with Crippen LogP contribution < -0.4 is 15.2 Å². The highest BCUT2D eigenvalue weighted by Gasteiger charge is 2.24. The van der Waals surface area contributed by atoms with Crippen molar-refractivity contribution in [3.8, 4) is 23.1 Å². The van der Waals surface area contributed by atoms with E-state index in [1.807, 2.05) is 0 Å². The van der Waals surface area contributed by atoms with E-state index >= 15 is 0 Å². The zero-order valence-corrected chi connectivity index (χ0v) is 15.3. The molecule has 0 aliphatic heterocycles. The molecule has 0 N–H and O–H groups in total. The van der Waals surface area contributed by atoms with Crippen LogP contribution in [0.4, 0.5) is 0 Å². The molecule has 7 nitrogen and oxygen atoms in total. The summed E-state index contributed by atoms with van der Waals surface area (Å²) in [4.78, 5) is 13.1. The van der Waals surface area contributed by atoms with Crippen molar-refractivity contribution in [1.82, 2.24) is 9.56 Å². The molecule has 0 saturated heterocycles. The summed E-state index contributed by atoms with van der Waals surface area (Å²) in [5, 5.41) is 26.2. The molecule has 0 fully saturated rings. The van der Waals surface area contributed by atoms with E-state index in [-0.39, 0.29) is 12.1 Å². The second kappa shape index (κ2) is 6.67. The number of rotatable bonds is 3. The highest BCUT2D eigenvalue weighted by molar-refractivity contribution is 5.70. The Balaban J connectivity index is 2.00. The van der Waals surface area contributed by atoms with Gasteiger partial charge in [0.2, 0.25) is 0 Å². The molecule has 28 heavy (non-hydrogen) atoms. The zero-order valence-electron chi connectivity index (χ0n) is 15.3. The molecule has 138 valence electrons. The fourth-order valence-electron chi connectivity index (χ4n) is 3.35.